The van der Waals surface area contributed by atoms with E-state index >= 15 is 0 Å². The molecule has 0 bridgehead atoms. The number of benzene rings is 1. The second-order valence-electron chi connectivity index (χ2n) is 4.01. The van der Waals surface area contributed by atoms with Gasteiger partial charge in [0, 0.05) is 30.9 Å². The number of hydrogen-bond donors (Lipinski definition) is 3. The summed E-state index contributed by atoms with van der Waals surface area (Å²) in [6, 6.07) is 8.91. The Hall–Kier alpha value is -2.03. The zero-order valence-electron chi connectivity index (χ0n) is 10.9. The van der Waals surface area contributed by atoms with Crippen molar-refractivity contribution < 1.29 is 9.90 Å². The van der Waals surface area contributed by atoms with Crippen LogP contribution in [0.3, 0.4) is 0 Å². The van der Waals surface area contributed by atoms with Crippen LogP contribution in [0.25, 0.3) is 0 Å². The van der Waals surface area contributed by atoms with Crippen LogP contribution in [0.5, 0.6) is 0 Å². The van der Waals surface area contributed by atoms with Gasteiger partial charge in [-0.1, -0.05) is 23.7 Å². The van der Waals surface area contributed by atoms with Crippen molar-refractivity contribution in [3.63, 3.8) is 0 Å². The molecule has 20 heavy (non-hydrogen) atoms. The smallest absolute Gasteiger partial charge is 0.263 e. The summed E-state index contributed by atoms with van der Waals surface area (Å²) >= 11 is 5.76. The number of amides is 1. The molecule has 1 rings (SSSR count). The molecule has 0 saturated heterocycles. The van der Waals surface area contributed by atoms with Crippen molar-refractivity contribution in [2.45, 2.75) is 13.0 Å². The van der Waals surface area contributed by atoms with Crippen molar-refractivity contribution in [1.29, 1.82) is 5.26 Å². The van der Waals surface area contributed by atoms with Crippen LogP contribution in [0.4, 0.5) is 0 Å². The molecule has 6 heteroatoms. The largest absolute Gasteiger partial charge is 0.396 e. The Balaban J connectivity index is 2.47. The third-order valence-corrected chi connectivity index (χ3v) is 2.71. The number of nitrogens with zero attached hydrogens (tertiary/aromatic N) is 1. The van der Waals surface area contributed by atoms with Gasteiger partial charge < -0.3 is 15.7 Å². The Morgan fingerprint density at radius 3 is 2.70 bits per heavy atom. The molecule has 0 atom stereocenters. The molecular weight excluding hydrogens is 278 g/mol. The maximum Gasteiger partial charge on any atom is 0.263 e. The molecule has 0 heterocycles. The quantitative estimate of drug-likeness (QED) is 0.402. The van der Waals surface area contributed by atoms with Crippen molar-refractivity contribution in [2.24, 2.45) is 0 Å². The first-order valence-corrected chi connectivity index (χ1v) is 6.52. The van der Waals surface area contributed by atoms with E-state index in [1.807, 2.05) is 6.07 Å². The number of carbonyl (C=O) groups excluding carboxylic acids is 1. The van der Waals surface area contributed by atoms with Gasteiger partial charge in [0.15, 0.2) is 0 Å². The number of aliphatic hydroxyl groups is 1. The molecule has 1 aromatic carbocycles. The van der Waals surface area contributed by atoms with Gasteiger partial charge in [-0.3, -0.25) is 4.79 Å². The van der Waals surface area contributed by atoms with E-state index in [1.165, 1.54) is 6.20 Å². The van der Waals surface area contributed by atoms with Gasteiger partial charge in [0.05, 0.1) is 0 Å². The molecule has 106 valence electrons. The predicted octanol–water partition coefficient (Wildman–Crippen LogP) is 1.34. The minimum Gasteiger partial charge on any atom is -0.396 e. The Morgan fingerprint density at radius 1 is 1.40 bits per heavy atom. The van der Waals surface area contributed by atoms with Crippen molar-refractivity contribution >= 4 is 17.5 Å². The number of aliphatic hydroxyl groups excluding tert-OH is 1. The highest BCUT2D eigenvalue weighted by atomic mass is 35.5. The maximum absolute atomic E-state index is 11.8. The second kappa shape index (κ2) is 8.97. The summed E-state index contributed by atoms with van der Waals surface area (Å²) in [6.07, 6.45) is 1.91. The van der Waals surface area contributed by atoms with Gasteiger partial charge in [0.25, 0.3) is 5.91 Å². The van der Waals surface area contributed by atoms with E-state index in [9.17, 15) is 4.79 Å². The molecule has 5 nitrogen and oxygen atoms in total. The van der Waals surface area contributed by atoms with Gasteiger partial charge in [-0.15, -0.1) is 0 Å². The highest BCUT2D eigenvalue weighted by Crippen LogP contribution is 2.09. The zero-order chi connectivity index (χ0) is 14.8. The molecule has 1 aromatic rings. The number of nitrogens with one attached hydrogen (secondary N) is 2. The molecule has 0 aliphatic rings. The first kappa shape index (κ1) is 16.0. The van der Waals surface area contributed by atoms with Crippen LogP contribution < -0.4 is 10.6 Å². The van der Waals surface area contributed by atoms with Crippen LogP contribution in [-0.2, 0) is 11.3 Å². The number of rotatable bonds is 7. The van der Waals surface area contributed by atoms with E-state index < -0.39 is 5.91 Å². The van der Waals surface area contributed by atoms with Gasteiger partial charge in [-0.2, -0.15) is 5.26 Å². The summed E-state index contributed by atoms with van der Waals surface area (Å²) in [5.41, 5.74) is 0.894. The fraction of sp³-hybridized carbons (Fsp3) is 0.286. The Bertz CT molecular complexity index is 506. The molecular formula is C14H16ClN3O2. The number of carbonyl (C=O) groups is 1. The lowest BCUT2D eigenvalue weighted by Crippen LogP contribution is -2.25. The van der Waals surface area contributed by atoms with Crippen LogP contribution in [0.2, 0.25) is 5.02 Å². The second-order valence-corrected chi connectivity index (χ2v) is 4.45. The fourth-order valence-corrected chi connectivity index (χ4v) is 1.51. The molecule has 0 unspecified atom stereocenters. The zero-order valence-corrected chi connectivity index (χ0v) is 11.7. The minimum absolute atomic E-state index is 0.00287. The normalized spacial score (nSPS) is 10.8. The Morgan fingerprint density at radius 2 is 2.10 bits per heavy atom. The Labute approximate surface area is 122 Å². The topological polar surface area (TPSA) is 85.2 Å². The van der Waals surface area contributed by atoms with Gasteiger partial charge in [-0.05, 0) is 24.1 Å². The summed E-state index contributed by atoms with van der Waals surface area (Å²) in [5, 5.41) is 23.6. The van der Waals surface area contributed by atoms with Crippen LogP contribution in [0.15, 0.2) is 36.0 Å². The summed E-state index contributed by atoms with van der Waals surface area (Å²) in [4.78, 5) is 11.8. The Kier molecular flexibility index (Phi) is 7.18. The lowest BCUT2D eigenvalue weighted by Gasteiger charge is -2.05. The number of halogens is 1. The minimum atomic E-state index is -0.445. The van der Waals surface area contributed by atoms with Gasteiger partial charge >= 0.3 is 0 Å². The van der Waals surface area contributed by atoms with Crippen LogP contribution in [-0.4, -0.2) is 24.2 Å². The molecule has 0 saturated carbocycles. The third kappa shape index (κ3) is 5.74. The monoisotopic (exact) mass is 293 g/mol. The third-order valence-electron chi connectivity index (χ3n) is 2.46. The first-order valence-electron chi connectivity index (χ1n) is 6.14. The van der Waals surface area contributed by atoms with Gasteiger partial charge in [-0.25, -0.2) is 0 Å². The van der Waals surface area contributed by atoms with Gasteiger partial charge in [0.1, 0.15) is 11.6 Å². The van der Waals surface area contributed by atoms with Gasteiger partial charge in [0.2, 0.25) is 0 Å². The SMILES string of the molecule is N#C/C(=C/NCCCO)C(=O)NCc1ccc(Cl)cc1. The lowest BCUT2D eigenvalue weighted by molar-refractivity contribution is -0.117. The van der Waals surface area contributed by atoms with E-state index in [0.717, 1.165) is 5.56 Å². The summed E-state index contributed by atoms with van der Waals surface area (Å²) in [5.74, 6) is -0.445. The highest BCUT2D eigenvalue weighted by Gasteiger charge is 2.07. The van der Waals surface area contributed by atoms with E-state index in [1.54, 1.807) is 24.3 Å². The van der Waals surface area contributed by atoms with E-state index in [4.69, 9.17) is 22.0 Å². The maximum atomic E-state index is 11.8. The van der Waals surface area contributed by atoms with Crippen molar-refractivity contribution in [3.05, 3.63) is 46.6 Å². The van der Waals surface area contributed by atoms with Crippen LogP contribution >= 0.6 is 11.6 Å². The van der Waals surface area contributed by atoms with Crippen LogP contribution in [0, 0.1) is 11.3 Å². The van der Waals surface area contributed by atoms with E-state index in [0.29, 0.717) is 24.5 Å². The lowest BCUT2D eigenvalue weighted by atomic mass is 10.2. The summed E-state index contributed by atoms with van der Waals surface area (Å²) in [6.45, 7) is 0.892. The number of nitriles is 1. The highest BCUT2D eigenvalue weighted by molar-refractivity contribution is 6.30. The van der Waals surface area contributed by atoms with E-state index in [2.05, 4.69) is 10.6 Å². The fourth-order valence-electron chi connectivity index (χ4n) is 1.38. The van der Waals surface area contributed by atoms with Crippen LogP contribution in [0.1, 0.15) is 12.0 Å². The van der Waals surface area contributed by atoms with Crippen molar-refractivity contribution in [1.82, 2.24) is 10.6 Å². The first-order chi connectivity index (χ1) is 9.67. The number of hydrogen-bond acceptors (Lipinski definition) is 4. The van der Waals surface area contributed by atoms with Crippen molar-refractivity contribution in [2.75, 3.05) is 13.2 Å². The molecule has 1 amide bonds. The molecule has 0 fully saturated rings. The summed E-state index contributed by atoms with van der Waals surface area (Å²) in [7, 11) is 0. The van der Waals surface area contributed by atoms with Crippen molar-refractivity contribution in [3.8, 4) is 6.07 Å². The molecule has 0 aromatic heterocycles. The standard InChI is InChI=1S/C14H16ClN3O2/c15-13-4-2-11(3-5-13)9-18-14(20)12(8-16)10-17-6-1-7-19/h2-5,10,17,19H,1,6-7,9H2,(H,18,20)/b12-10-. The molecule has 3 N–H and O–H groups in total. The molecule has 0 aliphatic carbocycles. The summed E-state index contributed by atoms with van der Waals surface area (Å²) < 4.78 is 0. The molecule has 0 radical (unpaired) electrons. The molecule has 0 spiro atoms. The molecule has 0 aliphatic heterocycles. The average Bonchev–Trinajstić information content (AvgIpc) is 2.46. The predicted molar refractivity (Wildman–Crippen MR) is 76.7 cm³/mol. The van der Waals surface area contributed by atoms with E-state index in [-0.39, 0.29) is 12.2 Å². The average molecular weight is 294 g/mol.